The molecule has 0 aliphatic carbocycles. The highest BCUT2D eigenvalue weighted by atomic mass is 16.6. The number of para-hydroxylation sites is 1. The number of aryl methyl sites for hydroxylation is 1. The number of hydrogen-bond acceptors (Lipinski definition) is 7. The van der Waals surface area contributed by atoms with E-state index in [4.69, 9.17) is 9.47 Å². The summed E-state index contributed by atoms with van der Waals surface area (Å²) < 4.78 is 10.4. The summed E-state index contributed by atoms with van der Waals surface area (Å²) in [5.41, 5.74) is 3.90. The Labute approximate surface area is 183 Å². The van der Waals surface area contributed by atoms with Crippen LogP contribution in [0, 0.1) is 17.0 Å². The second kappa shape index (κ2) is 9.98. The predicted octanol–water partition coefficient (Wildman–Crippen LogP) is 3.89. The van der Waals surface area contributed by atoms with Crippen molar-refractivity contribution in [3.8, 4) is 11.5 Å². The lowest BCUT2D eigenvalue weighted by molar-refractivity contribution is -0.385. The maximum atomic E-state index is 12.3. The number of nitro groups is 1. The van der Waals surface area contributed by atoms with Crippen LogP contribution in [0.25, 0.3) is 0 Å². The molecule has 0 aromatic heterocycles. The zero-order valence-electron chi connectivity index (χ0n) is 17.3. The van der Waals surface area contributed by atoms with E-state index in [1.165, 1.54) is 49.7 Å². The number of carbonyl (C=O) groups excluding carboxylic acids is 2. The Morgan fingerprint density at radius 1 is 1.03 bits per heavy atom. The predicted molar refractivity (Wildman–Crippen MR) is 117 cm³/mol. The second-order valence-corrected chi connectivity index (χ2v) is 6.64. The van der Waals surface area contributed by atoms with Gasteiger partial charge in [-0.05, 0) is 60.5 Å². The molecule has 0 saturated carbocycles. The molecule has 0 radical (unpaired) electrons. The van der Waals surface area contributed by atoms with Crippen molar-refractivity contribution in [3.05, 3.63) is 99.1 Å². The normalized spacial score (nSPS) is 10.6. The molecule has 3 aromatic carbocycles. The minimum Gasteiger partial charge on any atom is -0.496 e. The Morgan fingerprint density at radius 2 is 1.75 bits per heavy atom. The van der Waals surface area contributed by atoms with Gasteiger partial charge in [-0.15, -0.1) is 0 Å². The lowest BCUT2D eigenvalue weighted by Crippen LogP contribution is -2.18. The highest BCUT2D eigenvalue weighted by molar-refractivity contribution is 5.97. The van der Waals surface area contributed by atoms with Crippen molar-refractivity contribution >= 4 is 23.8 Å². The summed E-state index contributed by atoms with van der Waals surface area (Å²) in [7, 11) is 1.49. The first-order valence-electron chi connectivity index (χ1n) is 9.42. The third-order valence-corrected chi connectivity index (χ3v) is 4.39. The monoisotopic (exact) mass is 433 g/mol. The number of methoxy groups -OCH3 is 1. The van der Waals surface area contributed by atoms with E-state index < -0.39 is 16.8 Å². The molecule has 162 valence electrons. The van der Waals surface area contributed by atoms with Crippen LogP contribution in [0.3, 0.4) is 0 Å². The number of hydrogen-bond donors (Lipinski definition) is 1. The number of benzene rings is 3. The summed E-state index contributed by atoms with van der Waals surface area (Å²) in [6.07, 6.45) is 1.42. The highest BCUT2D eigenvalue weighted by Crippen LogP contribution is 2.21. The molecule has 0 aliphatic heterocycles. The topological polar surface area (TPSA) is 120 Å². The van der Waals surface area contributed by atoms with Crippen LogP contribution in [0.5, 0.6) is 11.5 Å². The molecule has 0 heterocycles. The van der Waals surface area contributed by atoms with E-state index in [1.54, 1.807) is 30.3 Å². The van der Waals surface area contributed by atoms with Crippen molar-refractivity contribution in [1.82, 2.24) is 5.43 Å². The zero-order valence-corrected chi connectivity index (χ0v) is 17.3. The van der Waals surface area contributed by atoms with Gasteiger partial charge in [0.15, 0.2) is 0 Å². The van der Waals surface area contributed by atoms with Gasteiger partial charge in [0.05, 0.1) is 23.8 Å². The lowest BCUT2D eigenvalue weighted by atomic mass is 10.1. The molecule has 3 aromatic rings. The van der Waals surface area contributed by atoms with Crippen LogP contribution in [-0.4, -0.2) is 30.1 Å². The summed E-state index contributed by atoms with van der Waals surface area (Å²) in [6, 6.07) is 17.0. The number of nitrogens with zero attached hydrogens (tertiary/aromatic N) is 2. The molecule has 0 atom stereocenters. The number of amides is 1. The van der Waals surface area contributed by atoms with Gasteiger partial charge in [0.25, 0.3) is 11.6 Å². The molecular formula is C23H19N3O6. The van der Waals surface area contributed by atoms with E-state index in [9.17, 15) is 19.7 Å². The average Bonchev–Trinajstić information content (AvgIpc) is 2.79. The van der Waals surface area contributed by atoms with E-state index in [0.29, 0.717) is 16.9 Å². The SMILES string of the molecule is COc1cc(C)ccc1C(=O)N/N=C\c1ccc(OC(=O)c2ccccc2[N+](=O)[O-])cc1. The van der Waals surface area contributed by atoms with Crippen LogP contribution in [0.2, 0.25) is 0 Å². The quantitative estimate of drug-likeness (QED) is 0.198. The summed E-state index contributed by atoms with van der Waals surface area (Å²) in [4.78, 5) is 35.0. The van der Waals surface area contributed by atoms with Crippen molar-refractivity contribution in [2.45, 2.75) is 6.92 Å². The maximum absolute atomic E-state index is 12.3. The van der Waals surface area contributed by atoms with Crippen LogP contribution in [0.1, 0.15) is 31.8 Å². The van der Waals surface area contributed by atoms with Gasteiger partial charge in [-0.1, -0.05) is 18.2 Å². The molecule has 0 fully saturated rings. The fourth-order valence-corrected chi connectivity index (χ4v) is 2.80. The number of hydrazone groups is 1. The Hall–Kier alpha value is -4.53. The Morgan fingerprint density at radius 3 is 2.44 bits per heavy atom. The van der Waals surface area contributed by atoms with Crippen molar-refractivity contribution in [2.75, 3.05) is 7.11 Å². The summed E-state index contributed by atoms with van der Waals surface area (Å²) >= 11 is 0. The minimum absolute atomic E-state index is 0.141. The number of nitrogens with one attached hydrogen (secondary N) is 1. The molecule has 0 aliphatic rings. The molecule has 3 rings (SSSR count). The number of rotatable bonds is 7. The van der Waals surface area contributed by atoms with Crippen LogP contribution in [0.4, 0.5) is 5.69 Å². The fraction of sp³-hybridized carbons (Fsp3) is 0.0870. The first-order valence-corrected chi connectivity index (χ1v) is 9.42. The van der Waals surface area contributed by atoms with Gasteiger partial charge >= 0.3 is 5.97 Å². The van der Waals surface area contributed by atoms with Gasteiger partial charge in [0.2, 0.25) is 0 Å². The smallest absolute Gasteiger partial charge is 0.350 e. The largest absolute Gasteiger partial charge is 0.496 e. The maximum Gasteiger partial charge on any atom is 0.350 e. The molecule has 9 heteroatoms. The minimum atomic E-state index is -0.835. The van der Waals surface area contributed by atoms with Gasteiger partial charge in [0, 0.05) is 6.07 Å². The standard InChI is InChI=1S/C23H19N3O6/c1-15-7-12-19(21(13-15)31-2)22(27)25-24-14-16-8-10-17(11-9-16)32-23(28)18-5-3-4-6-20(18)26(29)30/h3-14H,1-2H3,(H,25,27)/b24-14-. The molecular weight excluding hydrogens is 414 g/mol. The number of nitro benzene ring substituents is 1. The summed E-state index contributed by atoms with van der Waals surface area (Å²) in [5.74, 6) is -0.604. The fourth-order valence-electron chi connectivity index (χ4n) is 2.80. The summed E-state index contributed by atoms with van der Waals surface area (Å²) in [6.45, 7) is 1.89. The zero-order chi connectivity index (χ0) is 23.1. The van der Waals surface area contributed by atoms with Crippen LogP contribution in [0.15, 0.2) is 71.8 Å². The van der Waals surface area contributed by atoms with Crippen molar-refractivity contribution in [2.24, 2.45) is 5.10 Å². The van der Waals surface area contributed by atoms with E-state index in [1.807, 2.05) is 6.92 Å². The number of esters is 1. The van der Waals surface area contributed by atoms with E-state index in [2.05, 4.69) is 10.5 Å². The van der Waals surface area contributed by atoms with Gasteiger partial charge < -0.3 is 9.47 Å². The highest BCUT2D eigenvalue weighted by Gasteiger charge is 2.21. The molecule has 0 saturated heterocycles. The van der Waals surface area contributed by atoms with Crippen molar-refractivity contribution in [3.63, 3.8) is 0 Å². The number of ether oxygens (including phenoxy) is 2. The van der Waals surface area contributed by atoms with Crippen LogP contribution >= 0.6 is 0 Å². The van der Waals surface area contributed by atoms with E-state index in [-0.39, 0.29) is 17.0 Å². The molecule has 0 spiro atoms. The second-order valence-electron chi connectivity index (χ2n) is 6.64. The van der Waals surface area contributed by atoms with E-state index >= 15 is 0 Å². The molecule has 0 unspecified atom stereocenters. The third kappa shape index (κ3) is 5.33. The summed E-state index contributed by atoms with van der Waals surface area (Å²) in [5, 5.41) is 15.0. The van der Waals surface area contributed by atoms with Crippen LogP contribution < -0.4 is 14.9 Å². The Bertz CT molecular complexity index is 1190. The van der Waals surface area contributed by atoms with Gasteiger partial charge in [-0.2, -0.15) is 5.10 Å². The van der Waals surface area contributed by atoms with Gasteiger partial charge in [0.1, 0.15) is 17.1 Å². The first-order chi connectivity index (χ1) is 15.4. The Kier molecular flexibility index (Phi) is 6.92. The molecule has 32 heavy (non-hydrogen) atoms. The van der Waals surface area contributed by atoms with Crippen molar-refractivity contribution in [1.29, 1.82) is 0 Å². The Balaban J connectivity index is 1.63. The third-order valence-electron chi connectivity index (χ3n) is 4.39. The lowest BCUT2D eigenvalue weighted by Gasteiger charge is -2.07. The molecule has 9 nitrogen and oxygen atoms in total. The van der Waals surface area contributed by atoms with Gasteiger partial charge in [-0.25, -0.2) is 10.2 Å². The number of carbonyl (C=O) groups is 2. The van der Waals surface area contributed by atoms with Gasteiger partial charge in [-0.3, -0.25) is 14.9 Å². The van der Waals surface area contributed by atoms with Crippen molar-refractivity contribution < 1.29 is 24.0 Å². The molecule has 0 bridgehead atoms. The molecule has 1 N–H and O–H groups in total. The first kappa shape index (κ1) is 22.2. The van der Waals surface area contributed by atoms with E-state index in [0.717, 1.165) is 5.56 Å². The van der Waals surface area contributed by atoms with Crippen LogP contribution in [-0.2, 0) is 0 Å². The average molecular weight is 433 g/mol. The molecule has 1 amide bonds.